The van der Waals surface area contributed by atoms with E-state index in [-0.39, 0.29) is 0 Å². The maximum Gasteiger partial charge on any atom is 0.162 e. The molecular formula is C16H20N2O2. The van der Waals surface area contributed by atoms with Crippen LogP contribution < -0.4 is 14.8 Å². The van der Waals surface area contributed by atoms with Gasteiger partial charge in [-0.2, -0.15) is 0 Å². The molecule has 0 saturated carbocycles. The highest BCUT2D eigenvalue weighted by atomic mass is 16.6. The van der Waals surface area contributed by atoms with Gasteiger partial charge in [-0.25, -0.2) is 4.98 Å². The highest BCUT2D eigenvalue weighted by Gasteiger charge is 2.14. The third-order valence-corrected chi connectivity index (χ3v) is 3.74. The summed E-state index contributed by atoms with van der Waals surface area (Å²) in [5, 5.41) is 5.64. The number of nitrogens with zero attached hydrogens (tertiary/aromatic N) is 1. The lowest BCUT2D eigenvalue weighted by atomic mass is 10.1. The number of rotatable bonds is 4. The van der Waals surface area contributed by atoms with E-state index in [9.17, 15) is 0 Å². The summed E-state index contributed by atoms with van der Waals surface area (Å²) in [5.74, 6) is 3.18. The van der Waals surface area contributed by atoms with Crippen molar-refractivity contribution >= 4 is 16.6 Å². The second kappa shape index (κ2) is 5.57. The minimum atomic E-state index is 0.606. The maximum absolute atomic E-state index is 5.65. The van der Waals surface area contributed by atoms with E-state index in [1.807, 2.05) is 24.4 Å². The van der Waals surface area contributed by atoms with Crippen LogP contribution in [0.5, 0.6) is 11.5 Å². The van der Waals surface area contributed by atoms with Crippen molar-refractivity contribution in [2.24, 2.45) is 5.92 Å². The first-order chi connectivity index (χ1) is 9.78. The number of hydrogen-bond donors (Lipinski definition) is 1. The lowest BCUT2D eigenvalue weighted by Crippen LogP contribution is -2.15. The summed E-state index contributed by atoms with van der Waals surface area (Å²) in [4.78, 5) is 4.45. The molecule has 4 heteroatoms. The van der Waals surface area contributed by atoms with E-state index in [0.717, 1.165) is 41.1 Å². The second-order valence-corrected chi connectivity index (χ2v) is 5.27. The third-order valence-electron chi connectivity index (χ3n) is 3.74. The van der Waals surface area contributed by atoms with Crippen molar-refractivity contribution in [3.63, 3.8) is 0 Å². The highest BCUT2D eigenvalue weighted by molar-refractivity contribution is 5.94. The Morgan fingerprint density at radius 2 is 2.00 bits per heavy atom. The van der Waals surface area contributed by atoms with Crippen LogP contribution in [-0.2, 0) is 0 Å². The van der Waals surface area contributed by atoms with Crippen LogP contribution in [0.4, 0.5) is 5.82 Å². The molecule has 0 saturated heterocycles. The fraction of sp³-hybridized carbons (Fsp3) is 0.438. The highest BCUT2D eigenvalue weighted by Crippen LogP contribution is 2.36. The first kappa shape index (κ1) is 13.0. The Balaban J connectivity index is 1.96. The standard InChI is InChI=1S/C16H20N2O2/c1-3-11(2)10-18-16-13-9-15-14(19-6-7-20-15)8-12(13)4-5-17-16/h4-5,8-9,11H,3,6-7,10H2,1-2H3,(H,17,18). The minimum Gasteiger partial charge on any atom is -0.486 e. The average molecular weight is 272 g/mol. The van der Waals surface area contributed by atoms with E-state index >= 15 is 0 Å². The molecule has 1 N–H and O–H groups in total. The Bertz CT molecular complexity index is 613. The molecule has 1 aliphatic heterocycles. The molecule has 1 aliphatic rings. The summed E-state index contributed by atoms with van der Waals surface area (Å²) < 4.78 is 11.3. The normalized spacial score (nSPS) is 15.1. The molecule has 0 aliphatic carbocycles. The van der Waals surface area contributed by atoms with Gasteiger partial charge < -0.3 is 14.8 Å². The fourth-order valence-corrected chi connectivity index (χ4v) is 2.27. The Morgan fingerprint density at radius 3 is 2.75 bits per heavy atom. The van der Waals surface area contributed by atoms with Gasteiger partial charge in [0.2, 0.25) is 0 Å². The average Bonchev–Trinajstić information content (AvgIpc) is 2.50. The molecule has 1 unspecified atom stereocenters. The Kier molecular flexibility index (Phi) is 3.63. The summed E-state index contributed by atoms with van der Waals surface area (Å²) in [6, 6.07) is 6.05. The van der Waals surface area contributed by atoms with E-state index in [1.54, 1.807) is 0 Å². The van der Waals surface area contributed by atoms with Crippen molar-refractivity contribution in [1.29, 1.82) is 0 Å². The molecular weight excluding hydrogens is 252 g/mol. The van der Waals surface area contributed by atoms with Gasteiger partial charge in [-0.05, 0) is 29.5 Å². The molecule has 20 heavy (non-hydrogen) atoms. The van der Waals surface area contributed by atoms with Gasteiger partial charge in [0, 0.05) is 18.1 Å². The molecule has 3 rings (SSSR count). The lowest BCUT2D eigenvalue weighted by Gasteiger charge is -2.20. The van der Waals surface area contributed by atoms with Gasteiger partial charge in [-0.1, -0.05) is 20.3 Å². The zero-order valence-electron chi connectivity index (χ0n) is 12.0. The summed E-state index contributed by atoms with van der Waals surface area (Å²) in [6.45, 7) is 6.58. The predicted molar refractivity (Wildman–Crippen MR) is 80.7 cm³/mol. The van der Waals surface area contributed by atoms with Crippen LogP contribution in [0.25, 0.3) is 10.8 Å². The van der Waals surface area contributed by atoms with Crippen LogP contribution in [0.3, 0.4) is 0 Å². The van der Waals surface area contributed by atoms with Crippen molar-refractivity contribution < 1.29 is 9.47 Å². The van der Waals surface area contributed by atoms with E-state index in [4.69, 9.17) is 9.47 Å². The zero-order chi connectivity index (χ0) is 13.9. The molecule has 0 spiro atoms. The third kappa shape index (κ3) is 2.50. The monoisotopic (exact) mass is 272 g/mol. The van der Waals surface area contributed by atoms with Crippen LogP contribution in [0, 0.1) is 5.92 Å². The van der Waals surface area contributed by atoms with E-state index in [2.05, 4.69) is 24.1 Å². The fourth-order valence-electron chi connectivity index (χ4n) is 2.27. The predicted octanol–water partition coefficient (Wildman–Crippen LogP) is 3.46. The van der Waals surface area contributed by atoms with Crippen LogP contribution in [0.2, 0.25) is 0 Å². The van der Waals surface area contributed by atoms with Gasteiger partial charge in [0.05, 0.1) is 0 Å². The molecule has 1 aromatic heterocycles. The van der Waals surface area contributed by atoms with Gasteiger partial charge in [0.15, 0.2) is 11.5 Å². The van der Waals surface area contributed by atoms with E-state index < -0.39 is 0 Å². The number of pyridine rings is 1. The molecule has 106 valence electrons. The van der Waals surface area contributed by atoms with Crippen molar-refractivity contribution in [1.82, 2.24) is 4.98 Å². The van der Waals surface area contributed by atoms with Crippen molar-refractivity contribution in [2.45, 2.75) is 20.3 Å². The first-order valence-electron chi connectivity index (χ1n) is 7.20. The maximum atomic E-state index is 5.65. The summed E-state index contributed by atoms with van der Waals surface area (Å²) in [7, 11) is 0. The van der Waals surface area contributed by atoms with E-state index in [1.165, 1.54) is 0 Å². The molecule has 4 nitrogen and oxygen atoms in total. The minimum absolute atomic E-state index is 0.606. The SMILES string of the molecule is CCC(C)CNc1nccc2cc3c(cc12)OCCO3. The number of benzene rings is 1. The number of anilines is 1. The number of nitrogens with one attached hydrogen (secondary N) is 1. The van der Waals surface area contributed by atoms with Crippen molar-refractivity contribution in [3.8, 4) is 11.5 Å². The van der Waals surface area contributed by atoms with Gasteiger partial charge in [0.1, 0.15) is 19.0 Å². The van der Waals surface area contributed by atoms with Gasteiger partial charge in [-0.3, -0.25) is 0 Å². The van der Waals surface area contributed by atoms with Gasteiger partial charge in [0.25, 0.3) is 0 Å². The summed E-state index contributed by atoms with van der Waals surface area (Å²) in [5.41, 5.74) is 0. The zero-order valence-corrected chi connectivity index (χ0v) is 12.0. The quantitative estimate of drug-likeness (QED) is 0.925. The second-order valence-electron chi connectivity index (χ2n) is 5.27. The molecule has 1 aromatic carbocycles. The van der Waals surface area contributed by atoms with Crippen LogP contribution in [0.15, 0.2) is 24.4 Å². The van der Waals surface area contributed by atoms with E-state index in [0.29, 0.717) is 19.1 Å². The van der Waals surface area contributed by atoms with Crippen LogP contribution in [-0.4, -0.2) is 24.7 Å². The summed E-state index contributed by atoms with van der Waals surface area (Å²) in [6.07, 6.45) is 2.99. The lowest BCUT2D eigenvalue weighted by molar-refractivity contribution is 0.172. The number of ether oxygens (including phenoxy) is 2. The molecule has 0 bridgehead atoms. The van der Waals surface area contributed by atoms with Gasteiger partial charge in [-0.15, -0.1) is 0 Å². The molecule has 0 fully saturated rings. The number of hydrogen-bond acceptors (Lipinski definition) is 4. The Labute approximate surface area is 119 Å². The van der Waals surface area contributed by atoms with Crippen LogP contribution >= 0.6 is 0 Å². The Hall–Kier alpha value is -1.97. The number of fused-ring (bicyclic) bond motifs is 2. The molecule has 2 heterocycles. The summed E-state index contributed by atoms with van der Waals surface area (Å²) >= 11 is 0. The Morgan fingerprint density at radius 1 is 1.25 bits per heavy atom. The number of aromatic nitrogens is 1. The van der Waals surface area contributed by atoms with Crippen molar-refractivity contribution in [3.05, 3.63) is 24.4 Å². The topological polar surface area (TPSA) is 43.4 Å². The largest absolute Gasteiger partial charge is 0.486 e. The van der Waals surface area contributed by atoms with Crippen molar-refractivity contribution in [2.75, 3.05) is 25.1 Å². The molecule has 0 amide bonds. The molecule has 1 atom stereocenters. The smallest absolute Gasteiger partial charge is 0.162 e. The van der Waals surface area contributed by atoms with Gasteiger partial charge >= 0.3 is 0 Å². The first-order valence-corrected chi connectivity index (χ1v) is 7.20. The molecule has 2 aromatic rings. The van der Waals surface area contributed by atoms with Crippen LogP contribution in [0.1, 0.15) is 20.3 Å². The molecule has 0 radical (unpaired) electrons.